The summed E-state index contributed by atoms with van der Waals surface area (Å²) < 4.78 is 30.6. The molecule has 0 aromatic rings. The number of methoxy groups -OCH3 is 3. The molecule has 0 aromatic heterocycles. The van der Waals surface area contributed by atoms with Gasteiger partial charge >= 0.3 is 11.9 Å². The SMILES string of the molecule is CCN1C[C@]2(COC)CC[C@H](OC(C)=O)[C@]34C1[C@@H]([C@H](OC)C23)[C@@]1(O)C[C@H](OC)[C@H]2C[C@@H]4[C@@H]1[C@H]2OC(C)=O. The summed E-state index contributed by atoms with van der Waals surface area (Å²) in [6.45, 7) is 7.40. The van der Waals surface area contributed by atoms with Crippen LogP contribution in [0.3, 0.4) is 0 Å². The van der Waals surface area contributed by atoms with Crippen molar-refractivity contribution in [2.75, 3.05) is 41.0 Å². The normalized spacial score (nSPS) is 53.2. The first-order chi connectivity index (χ1) is 17.6. The van der Waals surface area contributed by atoms with Crippen LogP contribution in [0, 0.1) is 40.4 Å². The maximum atomic E-state index is 12.9. The van der Waals surface area contributed by atoms with Crippen molar-refractivity contribution >= 4 is 11.9 Å². The van der Waals surface area contributed by atoms with Gasteiger partial charge in [-0.05, 0) is 31.7 Å². The van der Waals surface area contributed by atoms with E-state index in [1.165, 1.54) is 13.8 Å². The fraction of sp³-hybridized carbons (Fsp3) is 0.929. The first-order valence-corrected chi connectivity index (χ1v) is 14.0. The van der Waals surface area contributed by atoms with Crippen molar-refractivity contribution in [2.45, 2.75) is 82.5 Å². The number of hydrogen-bond acceptors (Lipinski definition) is 9. The topological polar surface area (TPSA) is 104 Å². The Labute approximate surface area is 219 Å². The van der Waals surface area contributed by atoms with Crippen LogP contribution in [0.2, 0.25) is 0 Å². The van der Waals surface area contributed by atoms with Crippen molar-refractivity contribution in [1.82, 2.24) is 4.90 Å². The molecule has 6 aliphatic rings. The van der Waals surface area contributed by atoms with Crippen molar-refractivity contribution < 1.29 is 38.4 Å². The van der Waals surface area contributed by atoms with Crippen molar-refractivity contribution in [3.05, 3.63) is 0 Å². The molecule has 0 radical (unpaired) electrons. The van der Waals surface area contributed by atoms with Crippen LogP contribution in [-0.2, 0) is 33.3 Å². The number of likely N-dealkylation sites (tertiary alicyclic amines) is 1. The zero-order valence-electron chi connectivity index (χ0n) is 23.0. The van der Waals surface area contributed by atoms with E-state index in [-0.39, 0.29) is 71.3 Å². The Balaban J connectivity index is 1.62. The Kier molecular flexibility index (Phi) is 6.05. The van der Waals surface area contributed by atoms with Crippen LogP contribution in [0.4, 0.5) is 0 Å². The number of rotatable bonds is 7. The first kappa shape index (κ1) is 26.0. The third-order valence-corrected chi connectivity index (χ3v) is 11.7. The van der Waals surface area contributed by atoms with Crippen molar-refractivity contribution in [3.63, 3.8) is 0 Å². The molecular weight excluding hydrogens is 478 g/mol. The highest BCUT2D eigenvalue weighted by atomic mass is 16.6. The van der Waals surface area contributed by atoms with Gasteiger partial charge in [-0.25, -0.2) is 0 Å². The minimum atomic E-state index is -1.14. The second-order valence-corrected chi connectivity index (χ2v) is 12.7. The van der Waals surface area contributed by atoms with Crippen LogP contribution in [0.15, 0.2) is 0 Å². The average Bonchev–Trinajstić information content (AvgIpc) is 3.27. The van der Waals surface area contributed by atoms with Gasteiger partial charge in [0.05, 0.1) is 24.4 Å². The molecule has 2 unspecified atom stereocenters. The Hall–Kier alpha value is -1.26. The molecule has 9 heteroatoms. The molecule has 5 saturated carbocycles. The zero-order valence-corrected chi connectivity index (χ0v) is 23.0. The predicted octanol–water partition coefficient (Wildman–Crippen LogP) is 1.64. The maximum Gasteiger partial charge on any atom is 0.302 e. The van der Waals surface area contributed by atoms with Gasteiger partial charge in [0.1, 0.15) is 12.2 Å². The van der Waals surface area contributed by atoms with Crippen molar-refractivity contribution in [1.29, 1.82) is 0 Å². The molecule has 1 heterocycles. The lowest BCUT2D eigenvalue weighted by Gasteiger charge is -2.68. The summed E-state index contributed by atoms with van der Waals surface area (Å²) >= 11 is 0. The van der Waals surface area contributed by atoms with Gasteiger partial charge in [-0.2, -0.15) is 0 Å². The number of aliphatic hydroxyl groups is 1. The number of nitrogens with zero attached hydrogens (tertiary/aromatic N) is 1. The summed E-state index contributed by atoms with van der Waals surface area (Å²) in [7, 11) is 5.21. The molecule has 1 aliphatic heterocycles. The first-order valence-electron chi connectivity index (χ1n) is 14.0. The van der Waals surface area contributed by atoms with Crippen molar-refractivity contribution in [2.24, 2.45) is 40.4 Å². The van der Waals surface area contributed by atoms with E-state index >= 15 is 0 Å². The van der Waals surface area contributed by atoms with Crippen LogP contribution in [0.5, 0.6) is 0 Å². The van der Waals surface area contributed by atoms with Gasteiger partial charge in [0.2, 0.25) is 0 Å². The molecule has 0 amide bonds. The van der Waals surface area contributed by atoms with Gasteiger partial charge in [0, 0.05) is 88.7 Å². The van der Waals surface area contributed by atoms with Crippen LogP contribution >= 0.6 is 0 Å². The zero-order chi connectivity index (χ0) is 26.5. The third-order valence-electron chi connectivity index (χ3n) is 11.7. The van der Waals surface area contributed by atoms with E-state index in [0.29, 0.717) is 13.0 Å². The second kappa shape index (κ2) is 8.62. The minimum Gasteiger partial charge on any atom is -0.462 e. The predicted molar refractivity (Wildman–Crippen MR) is 131 cm³/mol. The van der Waals surface area contributed by atoms with Gasteiger partial charge < -0.3 is 28.8 Å². The Bertz CT molecular complexity index is 960. The van der Waals surface area contributed by atoms with Crippen LogP contribution in [0.25, 0.3) is 0 Å². The third kappa shape index (κ3) is 3.04. The summed E-state index contributed by atoms with van der Waals surface area (Å²) in [6, 6.07) is -0.0133. The molecule has 1 spiro atoms. The molecule has 37 heavy (non-hydrogen) atoms. The molecule has 1 N–H and O–H groups in total. The van der Waals surface area contributed by atoms with Crippen LogP contribution in [-0.4, -0.2) is 99.0 Å². The Morgan fingerprint density at radius 2 is 1.76 bits per heavy atom. The average molecular weight is 522 g/mol. The molecule has 1 saturated heterocycles. The quantitative estimate of drug-likeness (QED) is 0.501. The van der Waals surface area contributed by atoms with E-state index in [0.717, 1.165) is 32.4 Å². The summed E-state index contributed by atoms with van der Waals surface area (Å²) in [4.78, 5) is 27.4. The highest BCUT2D eigenvalue weighted by Crippen LogP contribution is 2.79. The number of ether oxygens (including phenoxy) is 5. The lowest BCUT2D eigenvalue weighted by atomic mass is 9.43. The highest BCUT2D eigenvalue weighted by molar-refractivity contribution is 5.67. The van der Waals surface area contributed by atoms with E-state index in [2.05, 4.69) is 11.8 Å². The monoisotopic (exact) mass is 521 g/mol. The van der Waals surface area contributed by atoms with Gasteiger partial charge in [-0.1, -0.05) is 6.92 Å². The molecule has 5 aliphatic carbocycles. The Morgan fingerprint density at radius 1 is 1.03 bits per heavy atom. The smallest absolute Gasteiger partial charge is 0.302 e. The molecule has 9 nitrogen and oxygen atoms in total. The molecule has 7 bridgehead atoms. The summed E-state index contributed by atoms with van der Waals surface area (Å²) in [5.74, 6) is -1.06. The Morgan fingerprint density at radius 3 is 2.35 bits per heavy atom. The summed E-state index contributed by atoms with van der Waals surface area (Å²) in [5.41, 5.74) is -1.75. The van der Waals surface area contributed by atoms with E-state index in [9.17, 15) is 14.7 Å². The number of piperidine rings is 1. The molecule has 13 atom stereocenters. The molecule has 6 rings (SSSR count). The number of esters is 2. The van der Waals surface area contributed by atoms with E-state index in [1.54, 1.807) is 21.3 Å². The summed E-state index contributed by atoms with van der Waals surface area (Å²) in [5, 5.41) is 12.9. The fourth-order valence-electron chi connectivity index (χ4n) is 11.3. The lowest BCUT2D eigenvalue weighted by molar-refractivity contribution is -0.276. The molecule has 6 fully saturated rings. The van der Waals surface area contributed by atoms with Gasteiger partial charge in [-0.3, -0.25) is 14.5 Å². The van der Waals surface area contributed by atoms with E-state index in [4.69, 9.17) is 23.7 Å². The maximum absolute atomic E-state index is 12.9. The standard InChI is InChI=1S/C28H43NO8/c1-7-29-12-26(13-33-4)9-8-19(36-14(2)30)28-17-10-16-18(34-5)11-27(32,20(17)22(16)37-15(3)31)21(25(28)29)23(35-6)24(26)28/h16-25,32H,7-13H2,1-6H3/t16-,17-,18+,19+,20-,21-,22+,23+,24?,25?,26+,27-,28+/m1/s1. The highest BCUT2D eigenvalue weighted by Gasteiger charge is 2.87. The largest absolute Gasteiger partial charge is 0.462 e. The number of carbonyl (C=O) groups excluding carboxylic acids is 2. The van der Waals surface area contributed by atoms with E-state index in [1.807, 2.05) is 0 Å². The van der Waals surface area contributed by atoms with Gasteiger partial charge in [0.25, 0.3) is 0 Å². The van der Waals surface area contributed by atoms with Crippen LogP contribution in [0.1, 0.15) is 46.5 Å². The molecule has 208 valence electrons. The summed E-state index contributed by atoms with van der Waals surface area (Å²) in [6.07, 6.45) is 1.69. The van der Waals surface area contributed by atoms with Gasteiger partial charge in [0.15, 0.2) is 0 Å². The fourth-order valence-corrected chi connectivity index (χ4v) is 11.3. The number of carbonyl (C=O) groups is 2. The number of fused-ring (bicyclic) bond motifs is 2. The number of hydrogen-bond donors (Lipinski definition) is 1. The second-order valence-electron chi connectivity index (χ2n) is 12.7. The van der Waals surface area contributed by atoms with Gasteiger partial charge in [-0.15, -0.1) is 0 Å². The van der Waals surface area contributed by atoms with Crippen LogP contribution < -0.4 is 0 Å². The van der Waals surface area contributed by atoms with Crippen molar-refractivity contribution in [3.8, 4) is 0 Å². The minimum absolute atomic E-state index is 0.00590. The molecular formula is C28H43NO8. The molecule has 0 aromatic carbocycles. The van der Waals surface area contributed by atoms with E-state index < -0.39 is 17.1 Å². The lowest BCUT2D eigenvalue weighted by Crippen LogP contribution is -2.76.